The molecule has 18 heavy (non-hydrogen) atoms. The van der Waals surface area contributed by atoms with Crippen LogP contribution in [0.15, 0.2) is 7.57 Å². The Morgan fingerprint density at radius 1 is 1.17 bits per heavy atom. The molecule has 2 rings (SSSR count). The Morgan fingerprint density at radius 2 is 1.89 bits per heavy atom. The van der Waals surface area contributed by atoms with Crippen molar-refractivity contribution in [3.8, 4) is 0 Å². The summed E-state index contributed by atoms with van der Waals surface area (Å²) in [6, 6.07) is 0. The minimum Gasteiger partial charge on any atom is -0.205 e. The van der Waals surface area contributed by atoms with Gasteiger partial charge in [0.05, 0.1) is 17.7 Å². The van der Waals surface area contributed by atoms with Crippen LogP contribution < -0.4 is 0 Å². The number of unbranched alkanes of at least 4 members (excludes halogenated alkanes) is 1. The van der Waals surface area contributed by atoms with E-state index in [2.05, 4.69) is 45.7 Å². The highest BCUT2D eigenvalue weighted by molar-refractivity contribution is 9.12. The highest BCUT2D eigenvalue weighted by atomic mass is 79.9. The average molecular weight is 414 g/mol. The molecular formula is C13H15Br2FS2. The molecule has 2 aromatic heterocycles. The SMILES string of the molecule is CCCCC(CC)c1sc2c(Br)sc(Br)c2c1F. The number of rotatable bonds is 5. The topological polar surface area (TPSA) is 0 Å². The van der Waals surface area contributed by atoms with E-state index in [0.717, 1.165) is 35.4 Å². The Bertz CT molecular complexity index is 545. The molecule has 2 aromatic rings. The maximum Gasteiger partial charge on any atom is 0.147 e. The number of thiophene rings is 2. The zero-order chi connectivity index (χ0) is 13.3. The first-order valence-electron chi connectivity index (χ1n) is 6.15. The fourth-order valence-electron chi connectivity index (χ4n) is 2.15. The van der Waals surface area contributed by atoms with E-state index in [1.54, 1.807) is 22.7 Å². The monoisotopic (exact) mass is 412 g/mol. The molecule has 1 atom stereocenters. The Hall–Kier alpha value is 0.550. The second-order valence-corrected chi connectivity index (χ2v) is 9.09. The van der Waals surface area contributed by atoms with Gasteiger partial charge in [0.1, 0.15) is 5.82 Å². The predicted molar refractivity (Wildman–Crippen MR) is 87.6 cm³/mol. The van der Waals surface area contributed by atoms with Crippen molar-refractivity contribution in [1.29, 1.82) is 0 Å². The molecule has 0 aliphatic carbocycles. The first-order valence-corrected chi connectivity index (χ1v) is 9.37. The smallest absolute Gasteiger partial charge is 0.147 e. The third kappa shape index (κ3) is 2.69. The molecular weight excluding hydrogens is 399 g/mol. The molecule has 2 heterocycles. The van der Waals surface area contributed by atoms with Gasteiger partial charge in [-0.25, -0.2) is 4.39 Å². The fourth-order valence-corrected chi connectivity index (χ4v) is 6.92. The van der Waals surface area contributed by atoms with Gasteiger partial charge < -0.3 is 0 Å². The van der Waals surface area contributed by atoms with Gasteiger partial charge in [-0.3, -0.25) is 0 Å². The van der Waals surface area contributed by atoms with Crippen LogP contribution in [0.1, 0.15) is 50.3 Å². The van der Waals surface area contributed by atoms with Gasteiger partial charge in [0, 0.05) is 4.88 Å². The van der Waals surface area contributed by atoms with Crippen molar-refractivity contribution in [1.82, 2.24) is 0 Å². The molecule has 0 spiro atoms. The maximum atomic E-state index is 14.5. The van der Waals surface area contributed by atoms with Crippen LogP contribution in [0.2, 0.25) is 0 Å². The van der Waals surface area contributed by atoms with Crippen LogP contribution in [0.4, 0.5) is 4.39 Å². The van der Waals surface area contributed by atoms with Crippen molar-refractivity contribution in [2.45, 2.75) is 45.4 Å². The second-order valence-electron chi connectivity index (χ2n) is 4.38. The Kier molecular flexibility index (Phi) is 5.26. The van der Waals surface area contributed by atoms with Crippen LogP contribution >= 0.6 is 54.5 Å². The Balaban J connectivity index is 2.44. The standard InChI is InChI=1S/C13H15Br2FS2/c1-3-5-6-7(4-2)10-9(16)8-11(17-10)13(15)18-12(8)14/h7H,3-6H2,1-2H3. The molecule has 0 radical (unpaired) electrons. The first kappa shape index (κ1) is 14.9. The molecule has 100 valence electrons. The van der Waals surface area contributed by atoms with Gasteiger partial charge >= 0.3 is 0 Å². The summed E-state index contributed by atoms with van der Waals surface area (Å²) in [7, 11) is 0. The normalized spacial score (nSPS) is 13.4. The highest BCUT2D eigenvalue weighted by Crippen LogP contribution is 2.48. The summed E-state index contributed by atoms with van der Waals surface area (Å²) >= 11 is 10.1. The van der Waals surface area contributed by atoms with Crippen LogP contribution in [0.25, 0.3) is 10.1 Å². The summed E-state index contributed by atoms with van der Waals surface area (Å²) in [5.74, 6) is 0.359. The van der Waals surface area contributed by atoms with Crippen molar-refractivity contribution < 1.29 is 4.39 Å². The van der Waals surface area contributed by atoms with Crippen molar-refractivity contribution in [3.05, 3.63) is 18.3 Å². The lowest BCUT2D eigenvalue weighted by Crippen LogP contribution is -1.96. The summed E-state index contributed by atoms with van der Waals surface area (Å²) in [6.07, 6.45) is 4.44. The molecule has 0 saturated carbocycles. The van der Waals surface area contributed by atoms with Crippen molar-refractivity contribution >= 4 is 64.6 Å². The van der Waals surface area contributed by atoms with E-state index in [-0.39, 0.29) is 5.82 Å². The van der Waals surface area contributed by atoms with E-state index in [1.165, 1.54) is 12.8 Å². The van der Waals surface area contributed by atoms with Gasteiger partial charge in [-0.05, 0) is 50.6 Å². The Morgan fingerprint density at radius 3 is 2.44 bits per heavy atom. The summed E-state index contributed by atoms with van der Waals surface area (Å²) in [5, 5.41) is 0.766. The van der Waals surface area contributed by atoms with Crippen LogP contribution in [-0.4, -0.2) is 0 Å². The van der Waals surface area contributed by atoms with Crippen molar-refractivity contribution in [3.63, 3.8) is 0 Å². The number of halogens is 3. The maximum absolute atomic E-state index is 14.5. The molecule has 5 heteroatoms. The molecule has 0 amide bonds. The molecule has 1 unspecified atom stereocenters. The summed E-state index contributed by atoms with van der Waals surface area (Å²) < 4.78 is 17.5. The van der Waals surface area contributed by atoms with Crippen LogP contribution in [0.5, 0.6) is 0 Å². The molecule has 0 N–H and O–H groups in total. The number of hydrogen-bond acceptors (Lipinski definition) is 2. The van der Waals surface area contributed by atoms with Crippen molar-refractivity contribution in [2.24, 2.45) is 0 Å². The van der Waals surface area contributed by atoms with Crippen LogP contribution in [0, 0.1) is 5.82 Å². The van der Waals surface area contributed by atoms with E-state index >= 15 is 0 Å². The number of hydrogen-bond donors (Lipinski definition) is 0. The first-order chi connectivity index (χ1) is 8.60. The van der Waals surface area contributed by atoms with Gasteiger partial charge in [-0.2, -0.15) is 0 Å². The minimum absolute atomic E-state index is 0.00761. The van der Waals surface area contributed by atoms with E-state index in [4.69, 9.17) is 0 Å². The van der Waals surface area contributed by atoms with E-state index in [9.17, 15) is 4.39 Å². The lowest BCUT2D eigenvalue weighted by Gasteiger charge is -2.12. The molecule has 0 fully saturated rings. The quantitative estimate of drug-likeness (QED) is 0.481. The zero-order valence-electron chi connectivity index (χ0n) is 10.4. The lowest BCUT2D eigenvalue weighted by molar-refractivity contribution is 0.542. The van der Waals surface area contributed by atoms with Gasteiger partial charge in [0.25, 0.3) is 0 Å². The largest absolute Gasteiger partial charge is 0.205 e. The minimum atomic E-state index is -0.00761. The van der Waals surface area contributed by atoms with Gasteiger partial charge in [0.15, 0.2) is 0 Å². The molecule has 0 saturated heterocycles. The van der Waals surface area contributed by atoms with Crippen molar-refractivity contribution in [2.75, 3.05) is 0 Å². The van der Waals surface area contributed by atoms with Gasteiger partial charge in [-0.15, -0.1) is 22.7 Å². The van der Waals surface area contributed by atoms with Crippen LogP contribution in [0.3, 0.4) is 0 Å². The third-order valence-electron chi connectivity index (χ3n) is 3.20. The molecule has 0 aliphatic heterocycles. The zero-order valence-corrected chi connectivity index (χ0v) is 15.2. The molecule has 0 aromatic carbocycles. The lowest BCUT2D eigenvalue weighted by atomic mass is 9.97. The molecule has 0 aliphatic rings. The highest BCUT2D eigenvalue weighted by Gasteiger charge is 2.23. The third-order valence-corrected chi connectivity index (χ3v) is 7.47. The summed E-state index contributed by atoms with van der Waals surface area (Å²) in [4.78, 5) is 0.935. The average Bonchev–Trinajstić information content (AvgIpc) is 2.81. The number of fused-ring (bicyclic) bond motifs is 1. The summed E-state index contributed by atoms with van der Waals surface area (Å²) in [5.41, 5.74) is 0. The molecule has 0 nitrogen and oxygen atoms in total. The van der Waals surface area contributed by atoms with Crippen LogP contribution in [-0.2, 0) is 0 Å². The van der Waals surface area contributed by atoms with E-state index < -0.39 is 0 Å². The second kappa shape index (κ2) is 6.33. The molecule has 0 bridgehead atoms. The van der Waals surface area contributed by atoms with E-state index in [0.29, 0.717) is 5.92 Å². The summed E-state index contributed by atoms with van der Waals surface area (Å²) in [6.45, 7) is 4.33. The van der Waals surface area contributed by atoms with Gasteiger partial charge in [0.2, 0.25) is 0 Å². The van der Waals surface area contributed by atoms with E-state index in [1.807, 2.05) is 0 Å². The predicted octanol–water partition coefficient (Wildman–Crippen LogP) is 7.31. The fraction of sp³-hybridized carbons (Fsp3) is 0.538. The Labute approximate surface area is 132 Å². The van der Waals surface area contributed by atoms with Gasteiger partial charge in [-0.1, -0.05) is 26.7 Å².